The van der Waals surface area contributed by atoms with Crippen molar-refractivity contribution >= 4 is 11.4 Å². The molecule has 1 aromatic rings. The number of hydrazine groups is 1. The summed E-state index contributed by atoms with van der Waals surface area (Å²) in [6, 6.07) is 4.82. The molecule has 0 amide bonds. The molecule has 112 valence electrons. The van der Waals surface area contributed by atoms with Crippen LogP contribution in [0.5, 0.6) is 0 Å². The molecule has 0 aromatic heterocycles. The summed E-state index contributed by atoms with van der Waals surface area (Å²) in [7, 11) is 1.77. The number of nitrogens with two attached hydrogens (primary N) is 1. The zero-order chi connectivity index (χ0) is 15.0. The van der Waals surface area contributed by atoms with Crippen molar-refractivity contribution in [3.63, 3.8) is 0 Å². The van der Waals surface area contributed by atoms with Gasteiger partial charge in [0.25, 0.3) is 0 Å². The lowest BCUT2D eigenvalue weighted by Crippen LogP contribution is -2.28. The maximum absolute atomic E-state index is 13.5. The minimum absolute atomic E-state index is 0.269. The van der Waals surface area contributed by atoms with E-state index in [4.69, 9.17) is 5.84 Å². The molecule has 1 atom stereocenters. The lowest BCUT2D eigenvalue weighted by molar-refractivity contribution is 0.446. The van der Waals surface area contributed by atoms with Crippen LogP contribution in [0, 0.1) is 11.7 Å². The molecule has 20 heavy (non-hydrogen) atoms. The van der Waals surface area contributed by atoms with Crippen molar-refractivity contribution in [1.82, 2.24) is 10.7 Å². The lowest BCUT2D eigenvalue weighted by atomic mass is 10.0. The normalized spacial score (nSPS) is 12.0. The van der Waals surface area contributed by atoms with Crippen molar-refractivity contribution in [2.75, 3.05) is 25.5 Å². The zero-order valence-electron chi connectivity index (χ0n) is 12.3. The van der Waals surface area contributed by atoms with Gasteiger partial charge in [0.2, 0.25) is 0 Å². The number of hydrogen-bond acceptors (Lipinski definition) is 4. The van der Waals surface area contributed by atoms with Crippen LogP contribution in [0.3, 0.4) is 0 Å². The number of hydrogen-bond donors (Lipinski definition) is 4. The van der Waals surface area contributed by atoms with Gasteiger partial charge in [0.1, 0.15) is 5.82 Å². The summed E-state index contributed by atoms with van der Waals surface area (Å²) in [5.41, 5.74) is 4.91. The summed E-state index contributed by atoms with van der Waals surface area (Å²) in [5.74, 6) is 5.54. The molecule has 0 saturated carbocycles. The first-order chi connectivity index (χ1) is 9.60. The molecule has 1 unspecified atom stereocenters. The van der Waals surface area contributed by atoms with Gasteiger partial charge in [-0.1, -0.05) is 19.9 Å². The average Bonchev–Trinajstić information content (AvgIpc) is 2.46. The molecule has 0 spiro atoms. The smallest absolute Gasteiger partial charge is 0.125 e. The zero-order valence-corrected chi connectivity index (χ0v) is 12.3. The van der Waals surface area contributed by atoms with E-state index in [0.29, 0.717) is 5.92 Å². The maximum Gasteiger partial charge on any atom is 0.125 e. The highest BCUT2D eigenvalue weighted by molar-refractivity contribution is 5.65. The van der Waals surface area contributed by atoms with Crippen LogP contribution in [0.15, 0.2) is 24.8 Å². The standard InChI is InChI=1S/C15H25FN4/c1-4-12(5-6-20-17)10-19-11(2)13-7-14(16)9-15(8-13)18-3/h7-9,12,18-20H,2,4-6,10,17H2,1,3H3. The van der Waals surface area contributed by atoms with Crippen LogP contribution in [0.2, 0.25) is 0 Å². The first-order valence-electron chi connectivity index (χ1n) is 6.95. The number of anilines is 1. The fraction of sp³-hybridized carbons (Fsp3) is 0.467. The summed E-state index contributed by atoms with van der Waals surface area (Å²) in [6.45, 7) is 7.72. The first-order valence-corrected chi connectivity index (χ1v) is 6.95. The highest BCUT2D eigenvalue weighted by Crippen LogP contribution is 2.18. The molecular formula is C15H25FN4. The number of halogens is 1. The fourth-order valence-electron chi connectivity index (χ4n) is 2.02. The minimum Gasteiger partial charge on any atom is -0.388 e. The highest BCUT2D eigenvalue weighted by Gasteiger charge is 2.08. The Balaban J connectivity index is 2.59. The molecule has 1 rings (SSSR count). The van der Waals surface area contributed by atoms with E-state index in [0.717, 1.165) is 42.9 Å². The predicted octanol–water partition coefficient (Wildman–Crippen LogP) is 2.31. The van der Waals surface area contributed by atoms with Crippen LogP contribution in [0.4, 0.5) is 10.1 Å². The van der Waals surface area contributed by atoms with E-state index >= 15 is 0 Å². The van der Waals surface area contributed by atoms with Crippen LogP contribution < -0.4 is 21.9 Å². The molecule has 0 saturated heterocycles. The van der Waals surface area contributed by atoms with Gasteiger partial charge >= 0.3 is 0 Å². The topological polar surface area (TPSA) is 62.1 Å². The van der Waals surface area contributed by atoms with Crippen molar-refractivity contribution in [2.24, 2.45) is 11.8 Å². The van der Waals surface area contributed by atoms with Crippen LogP contribution >= 0.6 is 0 Å². The van der Waals surface area contributed by atoms with Gasteiger partial charge in [-0.25, -0.2) is 4.39 Å². The molecule has 0 heterocycles. The number of benzene rings is 1. The SMILES string of the molecule is C=C(NCC(CC)CCNN)c1cc(F)cc(NC)c1. The summed E-state index contributed by atoms with van der Waals surface area (Å²) in [5, 5.41) is 6.22. The third-order valence-corrected chi connectivity index (χ3v) is 3.41. The Morgan fingerprint density at radius 2 is 2.15 bits per heavy atom. The number of rotatable bonds is 9. The van der Waals surface area contributed by atoms with E-state index in [1.807, 2.05) is 6.07 Å². The molecule has 5 N–H and O–H groups in total. The van der Waals surface area contributed by atoms with Gasteiger partial charge in [-0.05, 0) is 30.5 Å². The van der Waals surface area contributed by atoms with Crippen molar-refractivity contribution in [2.45, 2.75) is 19.8 Å². The Hall–Kier alpha value is -1.59. The quantitative estimate of drug-likeness (QED) is 0.414. The molecule has 1 aromatic carbocycles. The van der Waals surface area contributed by atoms with Gasteiger partial charge in [-0.3, -0.25) is 11.3 Å². The van der Waals surface area contributed by atoms with E-state index < -0.39 is 0 Å². The summed E-state index contributed by atoms with van der Waals surface area (Å²) in [4.78, 5) is 0. The third kappa shape index (κ3) is 5.19. The minimum atomic E-state index is -0.269. The van der Waals surface area contributed by atoms with Crippen molar-refractivity contribution in [3.8, 4) is 0 Å². The van der Waals surface area contributed by atoms with Crippen LogP contribution in [0.1, 0.15) is 25.3 Å². The Bertz CT molecular complexity index is 434. The fourth-order valence-corrected chi connectivity index (χ4v) is 2.02. The Morgan fingerprint density at radius 1 is 1.40 bits per heavy atom. The Labute approximate surface area is 120 Å². The van der Waals surface area contributed by atoms with Gasteiger partial charge in [0.15, 0.2) is 0 Å². The lowest BCUT2D eigenvalue weighted by Gasteiger charge is -2.18. The molecule has 0 aliphatic heterocycles. The van der Waals surface area contributed by atoms with Gasteiger partial charge in [0.05, 0.1) is 0 Å². The second kappa shape index (κ2) is 8.55. The van der Waals surface area contributed by atoms with E-state index in [1.165, 1.54) is 12.1 Å². The highest BCUT2D eigenvalue weighted by atomic mass is 19.1. The first kappa shape index (κ1) is 16.5. The van der Waals surface area contributed by atoms with Crippen LogP contribution in [0.25, 0.3) is 5.70 Å². The van der Waals surface area contributed by atoms with Gasteiger partial charge < -0.3 is 10.6 Å². The van der Waals surface area contributed by atoms with E-state index in [2.05, 4.69) is 29.6 Å². The van der Waals surface area contributed by atoms with Crippen molar-refractivity contribution < 1.29 is 4.39 Å². The van der Waals surface area contributed by atoms with Crippen molar-refractivity contribution in [3.05, 3.63) is 36.2 Å². The molecule has 5 heteroatoms. The van der Waals surface area contributed by atoms with Crippen molar-refractivity contribution in [1.29, 1.82) is 0 Å². The summed E-state index contributed by atoms with van der Waals surface area (Å²) in [6.07, 6.45) is 2.06. The second-order valence-electron chi connectivity index (χ2n) is 4.86. The predicted molar refractivity (Wildman–Crippen MR) is 83.6 cm³/mol. The van der Waals surface area contributed by atoms with E-state index in [-0.39, 0.29) is 5.82 Å². The Morgan fingerprint density at radius 3 is 2.75 bits per heavy atom. The van der Waals surface area contributed by atoms with E-state index in [1.54, 1.807) is 7.05 Å². The molecule has 0 bridgehead atoms. The Kier molecular flexibility index (Phi) is 7.04. The molecule has 0 radical (unpaired) electrons. The van der Waals surface area contributed by atoms with Gasteiger partial charge in [-0.2, -0.15) is 0 Å². The monoisotopic (exact) mass is 280 g/mol. The van der Waals surface area contributed by atoms with Crippen LogP contribution in [-0.4, -0.2) is 20.1 Å². The van der Waals surface area contributed by atoms with Gasteiger partial charge in [0, 0.05) is 37.1 Å². The third-order valence-electron chi connectivity index (χ3n) is 3.41. The largest absolute Gasteiger partial charge is 0.388 e. The second-order valence-corrected chi connectivity index (χ2v) is 4.86. The van der Waals surface area contributed by atoms with E-state index in [9.17, 15) is 4.39 Å². The van der Waals surface area contributed by atoms with Gasteiger partial charge in [-0.15, -0.1) is 0 Å². The summed E-state index contributed by atoms with van der Waals surface area (Å²) < 4.78 is 13.5. The molecular weight excluding hydrogens is 255 g/mol. The maximum atomic E-state index is 13.5. The molecule has 0 aliphatic carbocycles. The molecule has 4 nitrogen and oxygen atoms in total. The summed E-state index contributed by atoms with van der Waals surface area (Å²) >= 11 is 0. The molecule has 0 fully saturated rings. The average molecular weight is 280 g/mol. The molecule has 0 aliphatic rings. The van der Waals surface area contributed by atoms with Crippen LogP contribution in [-0.2, 0) is 0 Å². The number of nitrogens with one attached hydrogen (secondary N) is 3.